The Balaban J connectivity index is 1.69. The molecule has 2 heterocycles. The number of Topliss-reactive ketones (excluding diaryl/α,β-unsaturated/α-hetero) is 1. The molecule has 2 aromatic heterocycles. The minimum atomic E-state index is -0.0194. The lowest BCUT2D eigenvalue weighted by Gasteiger charge is -2.07. The zero-order valence-electron chi connectivity index (χ0n) is 13.4. The summed E-state index contributed by atoms with van der Waals surface area (Å²) in [5.74, 6) is 1.17. The largest absolute Gasteiger partial charge is 0.306 e. The topological polar surface area (TPSA) is 47.8 Å². The summed E-state index contributed by atoms with van der Waals surface area (Å²) in [5, 5.41) is 12.2. The average Bonchev–Trinajstić information content (AvgIpc) is 3.25. The molecule has 130 valence electrons. The van der Waals surface area contributed by atoms with Crippen LogP contribution in [0.5, 0.6) is 0 Å². The van der Waals surface area contributed by atoms with Crippen molar-refractivity contribution in [2.45, 2.75) is 25.0 Å². The predicted molar refractivity (Wildman–Crippen MR) is 104 cm³/mol. The lowest BCUT2D eigenvalue weighted by atomic mass is 10.1. The third-order valence-corrected chi connectivity index (χ3v) is 6.18. The van der Waals surface area contributed by atoms with Crippen LogP contribution in [0.15, 0.2) is 40.9 Å². The Morgan fingerprint density at radius 1 is 1.24 bits per heavy atom. The van der Waals surface area contributed by atoms with Gasteiger partial charge in [-0.1, -0.05) is 41.0 Å². The van der Waals surface area contributed by atoms with Gasteiger partial charge in [-0.25, -0.2) is 0 Å². The number of hydrogen-bond acceptors (Lipinski definition) is 5. The molecule has 0 aliphatic heterocycles. The third kappa shape index (κ3) is 4.44. The molecule has 0 bridgehead atoms. The van der Waals surface area contributed by atoms with Gasteiger partial charge in [0.2, 0.25) is 0 Å². The lowest BCUT2D eigenvalue weighted by Crippen LogP contribution is -2.06. The van der Waals surface area contributed by atoms with Gasteiger partial charge in [0.15, 0.2) is 10.9 Å². The normalized spacial score (nSPS) is 11.0. The molecule has 0 unspecified atom stereocenters. The van der Waals surface area contributed by atoms with Gasteiger partial charge >= 0.3 is 0 Å². The second-order valence-corrected chi connectivity index (χ2v) is 8.03. The van der Waals surface area contributed by atoms with Gasteiger partial charge in [0, 0.05) is 23.4 Å². The van der Waals surface area contributed by atoms with E-state index in [1.165, 1.54) is 16.6 Å². The maximum absolute atomic E-state index is 12.4. The van der Waals surface area contributed by atoms with Crippen molar-refractivity contribution in [3.05, 3.63) is 62.0 Å². The van der Waals surface area contributed by atoms with Crippen molar-refractivity contribution in [3.8, 4) is 0 Å². The van der Waals surface area contributed by atoms with Crippen LogP contribution in [-0.4, -0.2) is 26.3 Å². The van der Waals surface area contributed by atoms with E-state index >= 15 is 0 Å². The van der Waals surface area contributed by atoms with Crippen LogP contribution in [0.25, 0.3) is 0 Å². The lowest BCUT2D eigenvalue weighted by molar-refractivity contribution is 0.102. The fourth-order valence-electron chi connectivity index (χ4n) is 2.33. The first kappa shape index (κ1) is 18.5. The van der Waals surface area contributed by atoms with Crippen LogP contribution >= 0.6 is 46.3 Å². The Morgan fingerprint density at radius 2 is 2.08 bits per heavy atom. The molecule has 25 heavy (non-hydrogen) atoms. The van der Waals surface area contributed by atoms with Gasteiger partial charge < -0.3 is 4.57 Å². The Kier molecular flexibility index (Phi) is 6.17. The second-order valence-electron chi connectivity index (χ2n) is 5.24. The Morgan fingerprint density at radius 3 is 2.76 bits per heavy atom. The number of thiophene rings is 1. The Bertz CT molecular complexity index is 878. The second kappa shape index (κ2) is 8.36. The molecule has 0 aliphatic rings. The molecule has 0 fully saturated rings. The van der Waals surface area contributed by atoms with Crippen molar-refractivity contribution >= 4 is 52.1 Å². The molecule has 0 spiro atoms. The van der Waals surface area contributed by atoms with Crippen molar-refractivity contribution < 1.29 is 4.79 Å². The summed E-state index contributed by atoms with van der Waals surface area (Å²) in [6, 6.07) is 9.02. The number of carbonyl (C=O) groups is 1. The zero-order chi connectivity index (χ0) is 17.8. The van der Waals surface area contributed by atoms with Gasteiger partial charge in [0.25, 0.3) is 0 Å². The molecule has 1 aromatic carbocycles. The molecule has 8 heteroatoms. The number of carbonyl (C=O) groups excluding carboxylic acids is 1. The number of benzene rings is 1. The number of halogens is 2. The third-order valence-electron chi connectivity index (χ3n) is 3.60. The fraction of sp³-hybridized carbons (Fsp3) is 0.235. The summed E-state index contributed by atoms with van der Waals surface area (Å²) in [4.78, 5) is 13.6. The maximum atomic E-state index is 12.4. The molecule has 3 rings (SSSR count). The van der Waals surface area contributed by atoms with Gasteiger partial charge in [-0.05, 0) is 36.6 Å². The van der Waals surface area contributed by atoms with Gasteiger partial charge in [0.1, 0.15) is 5.82 Å². The minimum absolute atomic E-state index is 0.0194. The standard InChI is InChI=1S/C17H15Cl2N3OS2/c1-2-22-16(9-12-4-3-7-24-12)20-21-17(22)25-10-15(23)11-5-6-13(18)14(19)8-11/h3-8H,2,9-10H2,1H3. The molecule has 4 nitrogen and oxygen atoms in total. The first-order chi connectivity index (χ1) is 12.1. The van der Waals surface area contributed by atoms with Crippen LogP contribution in [0.1, 0.15) is 28.0 Å². The summed E-state index contributed by atoms with van der Waals surface area (Å²) in [7, 11) is 0. The van der Waals surface area contributed by atoms with E-state index in [4.69, 9.17) is 23.2 Å². The summed E-state index contributed by atoms with van der Waals surface area (Å²) < 4.78 is 2.05. The van der Waals surface area contributed by atoms with Crippen LogP contribution in [0.4, 0.5) is 0 Å². The van der Waals surface area contributed by atoms with Crippen LogP contribution in [0.3, 0.4) is 0 Å². The molecule has 0 atom stereocenters. The summed E-state index contributed by atoms with van der Waals surface area (Å²) in [5.41, 5.74) is 0.545. The van der Waals surface area contributed by atoms with Gasteiger partial charge in [0.05, 0.1) is 15.8 Å². The average molecular weight is 412 g/mol. The van der Waals surface area contributed by atoms with E-state index in [2.05, 4.69) is 16.3 Å². The van der Waals surface area contributed by atoms with Gasteiger partial charge in [-0.2, -0.15) is 0 Å². The van der Waals surface area contributed by atoms with Crippen LogP contribution < -0.4 is 0 Å². The van der Waals surface area contributed by atoms with Crippen molar-refractivity contribution in [1.29, 1.82) is 0 Å². The fourth-order valence-corrected chi connectivity index (χ4v) is 4.24. The van der Waals surface area contributed by atoms with Crippen molar-refractivity contribution in [2.75, 3.05) is 5.75 Å². The first-order valence-corrected chi connectivity index (χ1v) is 10.3. The summed E-state index contributed by atoms with van der Waals surface area (Å²) >= 11 is 15.0. The molecule has 3 aromatic rings. The number of thioether (sulfide) groups is 1. The minimum Gasteiger partial charge on any atom is -0.306 e. The molecular formula is C17H15Cl2N3OS2. The Labute approximate surface area is 164 Å². The van der Waals surface area contributed by atoms with E-state index in [1.807, 2.05) is 22.9 Å². The van der Waals surface area contributed by atoms with E-state index in [-0.39, 0.29) is 11.5 Å². The molecule has 0 N–H and O–H groups in total. The Hall–Kier alpha value is -1.34. The highest BCUT2D eigenvalue weighted by atomic mass is 35.5. The predicted octanol–water partition coefficient (Wildman–Crippen LogP) is 5.23. The van der Waals surface area contributed by atoms with Crippen LogP contribution in [-0.2, 0) is 13.0 Å². The molecule has 0 saturated carbocycles. The maximum Gasteiger partial charge on any atom is 0.191 e. The first-order valence-electron chi connectivity index (χ1n) is 7.64. The molecular weight excluding hydrogens is 397 g/mol. The molecule has 0 radical (unpaired) electrons. The van der Waals surface area contributed by atoms with Crippen LogP contribution in [0, 0.1) is 0 Å². The van der Waals surface area contributed by atoms with E-state index in [1.54, 1.807) is 29.5 Å². The zero-order valence-corrected chi connectivity index (χ0v) is 16.6. The number of aromatic nitrogens is 3. The number of ketones is 1. The van der Waals surface area contributed by atoms with E-state index in [0.29, 0.717) is 15.6 Å². The SMILES string of the molecule is CCn1c(Cc2cccs2)nnc1SCC(=O)c1ccc(Cl)c(Cl)c1. The van der Waals surface area contributed by atoms with Gasteiger partial charge in [-0.15, -0.1) is 21.5 Å². The van der Waals surface area contributed by atoms with Gasteiger partial charge in [-0.3, -0.25) is 4.79 Å². The quantitative estimate of drug-likeness (QED) is 0.394. The molecule has 0 amide bonds. The highest BCUT2D eigenvalue weighted by Gasteiger charge is 2.15. The monoisotopic (exact) mass is 411 g/mol. The van der Waals surface area contributed by atoms with E-state index < -0.39 is 0 Å². The van der Waals surface area contributed by atoms with Crippen LogP contribution in [0.2, 0.25) is 10.0 Å². The smallest absolute Gasteiger partial charge is 0.191 e. The highest BCUT2D eigenvalue weighted by Crippen LogP contribution is 2.25. The summed E-state index contributed by atoms with van der Waals surface area (Å²) in [6.45, 7) is 2.81. The molecule has 0 aliphatic carbocycles. The highest BCUT2D eigenvalue weighted by molar-refractivity contribution is 7.99. The van der Waals surface area contributed by atoms with E-state index in [9.17, 15) is 4.79 Å². The number of rotatable bonds is 7. The number of nitrogens with zero attached hydrogens (tertiary/aromatic N) is 3. The molecule has 0 saturated heterocycles. The van der Waals surface area contributed by atoms with E-state index in [0.717, 1.165) is 23.9 Å². The van der Waals surface area contributed by atoms with Crippen molar-refractivity contribution in [2.24, 2.45) is 0 Å². The van der Waals surface area contributed by atoms with Crippen molar-refractivity contribution in [3.63, 3.8) is 0 Å². The van der Waals surface area contributed by atoms with Crippen molar-refractivity contribution in [1.82, 2.24) is 14.8 Å². The summed E-state index contributed by atoms with van der Waals surface area (Å²) in [6.07, 6.45) is 0.750. The number of hydrogen-bond donors (Lipinski definition) is 0.